The van der Waals surface area contributed by atoms with Crippen molar-refractivity contribution in [3.05, 3.63) is 137 Å². The molecule has 0 saturated carbocycles. The van der Waals surface area contributed by atoms with Gasteiger partial charge in [-0.3, -0.25) is 9.36 Å². The Bertz CT molecular complexity index is 2000. The molecule has 5 aromatic rings. The maximum absolute atomic E-state index is 14.0. The van der Waals surface area contributed by atoms with Crippen LogP contribution in [0.4, 0.5) is 0 Å². The van der Waals surface area contributed by atoms with Gasteiger partial charge in [-0.25, -0.2) is 9.79 Å². The zero-order valence-electron chi connectivity index (χ0n) is 22.2. The molecular weight excluding hydrogens is 542 g/mol. The molecule has 2 aromatic heterocycles. The van der Waals surface area contributed by atoms with Crippen LogP contribution in [0.15, 0.2) is 99.9 Å². The maximum Gasteiger partial charge on any atom is 0.338 e. The minimum atomic E-state index is -0.630. The van der Waals surface area contributed by atoms with E-state index in [-0.39, 0.29) is 5.56 Å². The van der Waals surface area contributed by atoms with Crippen LogP contribution in [0.2, 0.25) is 5.02 Å². The first-order valence-electron chi connectivity index (χ1n) is 12.9. The fraction of sp³-hybridized carbons (Fsp3) is 0.156. The second kappa shape index (κ2) is 10.4. The average molecular weight is 568 g/mol. The topological polar surface area (TPSA) is 65.6 Å². The quantitative estimate of drug-likeness (QED) is 0.268. The lowest BCUT2D eigenvalue weighted by Crippen LogP contribution is -2.39. The van der Waals surface area contributed by atoms with E-state index >= 15 is 0 Å². The highest BCUT2D eigenvalue weighted by Crippen LogP contribution is 2.31. The number of carbonyl (C=O) groups is 1. The van der Waals surface area contributed by atoms with Gasteiger partial charge in [0.25, 0.3) is 5.56 Å². The van der Waals surface area contributed by atoms with Crippen LogP contribution < -0.4 is 14.9 Å². The summed E-state index contributed by atoms with van der Waals surface area (Å²) in [4.78, 5) is 32.1. The lowest BCUT2D eigenvalue weighted by molar-refractivity contribution is -0.136. The number of esters is 1. The van der Waals surface area contributed by atoms with Gasteiger partial charge in [0.1, 0.15) is 0 Å². The summed E-state index contributed by atoms with van der Waals surface area (Å²) in [6.45, 7) is 4.45. The molecule has 6 rings (SSSR count). The van der Waals surface area contributed by atoms with Gasteiger partial charge in [-0.15, -0.1) is 0 Å². The molecule has 1 aliphatic heterocycles. The van der Waals surface area contributed by atoms with Gasteiger partial charge in [0.05, 0.1) is 29.0 Å². The number of fused-ring (bicyclic) bond motifs is 2. The van der Waals surface area contributed by atoms with E-state index in [2.05, 4.69) is 28.6 Å². The van der Waals surface area contributed by atoms with E-state index in [1.54, 1.807) is 11.5 Å². The lowest BCUT2D eigenvalue weighted by Gasteiger charge is -2.24. The number of ether oxygens (including phenoxy) is 1. The van der Waals surface area contributed by atoms with Crippen LogP contribution in [0.1, 0.15) is 35.3 Å². The Balaban J connectivity index is 1.56. The Hall–Kier alpha value is -4.20. The number of para-hydroxylation sites is 1. The molecule has 3 heterocycles. The first-order chi connectivity index (χ1) is 19.4. The van der Waals surface area contributed by atoms with Gasteiger partial charge in [-0.05, 0) is 43.2 Å². The fourth-order valence-corrected chi connectivity index (χ4v) is 6.64. The van der Waals surface area contributed by atoms with E-state index in [1.807, 2.05) is 72.8 Å². The summed E-state index contributed by atoms with van der Waals surface area (Å²) in [5.41, 5.74) is 5.59. The summed E-state index contributed by atoms with van der Waals surface area (Å²) < 4.78 is 9.49. The zero-order chi connectivity index (χ0) is 28.0. The van der Waals surface area contributed by atoms with Gasteiger partial charge in [0.2, 0.25) is 0 Å². The van der Waals surface area contributed by atoms with Crippen molar-refractivity contribution in [1.82, 2.24) is 9.13 Å². The predicted molar refractivity (Wildman–Crippen MR) is 159 cm³/mol. The van der Waals surface area contributed by atoms with Crippen molar-refractivity contribution in [1.29, 1.82) is 0 Å². The number of aromatic nitrogens is 2. The van der Waals surface area contributed by atoms with Crippen molar-refractivity contribution in [3.63, 3.8) is 0 Å². The standard InChI is InChI=1S/C32H26ClN3O3S/c1-19-28(31(38)39-3)29(21-11-5-4-6-12-21)36-30(37)27(40-32(36)34-19)17-24-20(2)35(26-16-10-8-14-23(24)26)18-22-13-7-9-15-25(22)33/h4-17,29H,18H2,1-3H3. The highest BCUT2D eigenvalue weighted by atomic mass is 35.5. The van der Waals surface area contributed by atoms with E-state index in [9.17, 15) is 9.59 Å². The molecule has 8 heteroatoms. The molecule has 0 spiro atoms. The van der Waals surface area contributed by atoms with Crippen LogP contribution in [-0.4, -0.2) is 22.2 Å². The highest BCUT2D eigenvalue weighted by Gasteiger charge is 2.33. The molecule has 0 fully saturated rings. The van der Waals surface area contributed by atoms with Crippen molar-refractivity contribution in [2.75, 3.05) is 7.11 Å². The van der Waals surface area contributed by atoms with Gasteiger partial charge in [0, 0.05) is 33.7 Å². The maximum atomic E-state index is 14.0. The van der Waals surface area contributed by atoms with E-state index in [0.29, 0.717) is 32.2 Å². The van der Waals surface area contributed by atoms with Crippen molar-refractivity contribution in [2.24, 2.45) is 4.99 Å². The van der Waals surface area contributed by atoms with Crippen molar-refractivity contribution in [3.8, 4) is 0 Å². The number of hydrogen-bond donors (Lipinski definition) is 0. The number of benzene rings is 3. The van der Waals surface area contributed by atoms with Crippen LogP contribution in [-0.2, 0) is 16.1 Å². The molecule has 1 unspecified atom stereocenters. The summed E-state index contributed by atoms with van der Waals surface area (Å²) in [5, 5.41) is 1.76. The zero-order valence-corrected chi connectivity index (χ0v) is 23.8. The van der Waals surface area contributed by atoms with Crippen molar-refractivity contribution >= 4 is 45.9 Å². The van der Waals surface area contributed by atoms with Gasteiger partial charge < -0.3 is 9.30 Å². The summed E-state index contributed by atoms with van der Waals surface area (Å²) >= 11 is 7.83. The van der Waals surface area contributed by atoms with Crippen LogP contribution in [0, 0.1) is 6.92 Å². The smallest absolute Gasteiger partial charge is 0.338 e. The summed E-state index contributed by atoms with van der Waals surface area (Å²) in [7, 11) is 1.34. The Morgan fingerprint density at radius 2 is 1.73 bits per heavy atom. The first-order valence-corrected chi connectivity index (χ1v) is 14.1. The predicted octanol–water partition coefficient (Wildman–Crippen LogP) is 5.37. The molecule has 0 saturated heterocycles. The molecular formula is C32H26ClN3O3S. The van der Waals surface area contributed by atoms with E-state index in [4.69, 9.17) is 16.3 Å². The van der Waals surface area contributed by atoms with Gasteiger partial charge in [0.15, 0.2) is 4.80 Å². The Morgan fingerprint density at radius 3 is 2.48 bits per heavy atom. The van der Waals surface area contributed by atoms with E-state index < -0.39 is 12.0 Å². The minimum Gasteiger partial charge on any atom is -0.466 e. The molecule has 1 aliphatic rings. The van der Waals surface area contributed by atoms with Gasteiger partial charge in [-0.1, -0.05) is 89.7 Å². The third-order valence-corrected chi connectivity index (χ3v) is 8.74. The van der Waals surface area contributed by atoms with Crippen LogP contribution >= 0.6 is 22.9 Å². The third kappa shape index (κ3) is 4.31. The largest absolute Gasteiger partial charge is 0.466 e. The summed E-state index contributed by atoms with van der Waals surface area (Å²) in [6, 6.07) is 24.9. The SMILES string of the molecule is COC(=O)C1=C(C)N=c2sc(=Cc3c(C)n(Cc4ccccc4Cl)c4ccccc34)c(=O)n2C1c1ccccc1. The molecule has 0 bridgehead atoms. The molecule has 6 nitrogen and oxygen atoms in total. The second-order valence-electron chi connectivity index (χ2n) is 9.68. The average Bonchev–Trinajstić information content (AvgIpc) is 3.42. The number of rotatable bonds is 5. The molecule has 0 amide bonds. The molecule has 3 aromatic carbocycles. The number of methoxy groups -OCH3 is 1. The Kier molecular flexibility index (Phi) is 6.78. The monoisotopic (exact) mass is 567 g/mol. The number of allylic oxidation sites excluding steroid dienone is 1. The molecule has 0 radical (unpaired) electrons. The Labute approximate surface area is 239 Å². The first kappa shape index (κ1) is 26.0. The third-order valence-electron chi connectivity index (χ3n) is 7.38. The van der Waals surface area contributed by atoms with E-state index in [1.165, 1.54) is 18.4 Å². The van der Waals surface area contributed by atoms with Crippen LogP contribution in [0.5, 0.6) is 0 Å². The van der Waals surface area contributed by atoms with Crippen molar-refractivity contribution in [2.45, 2.75) is 26.4 Å². The number of hydrogen-bond acceptors (Lipinski definition) is 5. The lowest BCUT2D eigenvalue weighted by atomic mass is 9.96. The molecule has 0 N–H and O–H groups in total. The fourth-order valence-electron chi connectivity index (χ4n) is 5.42. The van der Waals surface area contributed by atoms with Crippen LogP contribution in [0.25, 0.3) is 17.0 Å². The number of carbonyl (C=O) groups excluding carboxylic acids is 1. The molecule has 1 atom stereocenters. The Morgan fingerprint density at radius 1 is 1.02 bits per heavy atom. The summed E-state index contributed by atoms with van der Waals surface area (Å²) in [5.74, 6) is -0.497. The molecule has 200 valence electrons. The van der Waals surface area contributed by atoms with E-state index in [0.717, 1.165) is 33.3 Å². The summed E-state index contributed by atoms with van der Waals surface area (Å²) in [6.07, 6.45) is 1.95. The second-order valence-corrected chi connectivity index (χ2v) is 11.1. The number of halogens is 1. The normalized spacial score (nSPS) is 15.3. The number of nitrogens with zero attached hydrogens (tertiary/aromatic N) is 3. The van der Waals surface area contributed by atoms with Crippen molar-refractivity contribution < 1.29 is 9.53 Å². The van der Waals surface area contributed by atoms with Gasteiger partial charge in [-0.2, -0.15) is 0 Å². The molecule has 0 aliphatic carbocycles. The number of thiazole rings is 1. The van der Waals surface area contributed by atoms with Gasteiger partial charge >= 0.3 is 5.97 Å². The van der Waals surface area contributed by atoms with Crippen LogP contribution in [0.3, 0.4) is 0 Å². The molecule has 40 heavy (non-hydrogen) atoms. The minimum absolute atomic E-state index is 0.200. The highest BCUT2D eigenvalue weighted by molar-refractivity contribution is 7.07.